The van der Waals surface area contributed by atoms with Crippen LogP contribution in [0.4, 0.5) is 0 Å². The van der Waals surface area contributed by atoms with Crippen molar-refractivity contribution in [2.24, 2.45) is 5.92 Å². The van der Waals surface area contributed by atoms with Crippen LogP contribution in [0.15, 0.2) is 24.3 Å². The number of amides is 1. The van der Waals surface area contributed by atoms with Crippen LogP contribution in [-0.2, 0) is 4.79 Å². The average Bonchev–Trinajstić information content (AvgIpc) is 2.75. The normalized spacial score (nSPS) is 22.1. The second-order valence-electron chi connectivity index (χ2n) is 5.13. The van der Waals surface area contributed by atoms with Gasteiger partial charge < -0.3 is 15.0 Å². The summed E-state index contributed by atoms with van der Waals surface area (Å²) in [7, 11) is 0. The number of rotatable bonds is 3. The van der Waals surface area contributed by atoms with Crippen LogP contribution in [0.2, 0.25) is 5.02 Å². The van der Waals surface area contributed by atoms with Gasteiger partial charge in [0.2, 0.25) is 5.91 Å². The van der Waals surface area contributed by atoms with Gasteiger partial charge in [0.15, 0.2) is 0 Å². The molecule has 4 nitrogen and oxygen atoms in total. The van der Waals surface area contributed by atoms with Crippen LogP contribution in [-0.4, -0.2) is 43.1 Å². The van der Waals surface area contributed by atoms with Crippen molar-refractivity contribution in [2.45, 2.75) is 12.5 Å². The van der Waals surface area contributed by atoms with Gasteiger partial charge in [-0.1, -0.05) is 17.7 Å². The second-order valence-corrected chi connectivity index (χ2v) is 5.56. The number of likely N-dealkylation sites (tertiary alicyclic amines) is 1. The zero-order valence-electron chi connectivity index (χ0n) is 11.0. The van der Waals surface area contributed by atoms with Crippen molar-refractivity contribution >= 4 is 29.9 Å². The van der Waals surface area contributed by atoms with Crippen molar-refractivity contribution in [3.05, 3.63) is 29.3 Å². The van der Waals surface area contributed by atoms with E-state index in [-0.39, 0.29) is 30.3 Å². The third-order valence-corrected chi connectivity index (χ3v) is 3.92. The van der Waals surface area contributed by atoms with Gasteiger partial charge in [-0.15, -0.1) is 12.4 Å². The predicted octanol–water partition coefficient (Wildman–Crippen LogP) is 1.96. The molecule has 0 saturated carbocycles. The van der Waals surface area contributed by atoms with E-state index < -0.39 is 0 Å². The fourth-order valence-corrected chi connectivity index (χ4v) is 2.66. The highest BCUT2D eigenvalue weighted by Gasteiger charge is 2.34. The fraction of sp³-hybridized carbons (Fsp3) is 0.500. The van der Waals surface area contributed by atoms with Gasteiger partial charge in [-0.25, -0.2) is 0 Å². The molecule has 2 heterocycles. The number of ether oxygens (including phenoxy) is 1. The second kappa shape index (κ2) is 6.66. The lowest BCUT2D eigenvalue weighted by Crippen LogP contribution is -2.51. The molecule has 2 fully saturated rings. The Hall–Kier alpha value is -0.970. The van der Waals surface area contributed by atoms with E-state index in [1.807, 2.05) is 29.2 Å². The van der Waals surface area contributed by atoms with Crippen molar-refractivity contribution in [2.75, 3.05) is 26.2 Å². The number of carbonyl (C=O) groups excluding carboxylic acids is 1. The predicted molar refractivity (Wildman–Crippen MR) is 80.7 cm³/mol. The zero-order valence-corrected chi connectivity index (χ0v) is 12.6. The van der Waals surface area contributed by atoms with Crippen LogP contribution in [0, 0.1) is 5.92 Å². The average molecular weight is 317 g/mol. The minimum Gasteiger partial charge on any atom is -0.488 e. The molecule has 0 aromatic heterocycles. The first-order chi connectivity index (χ1) is 9.22. The molecule has 0 radical (unpaired) electrons. The summed E-state index contributed by atoms with van der Waals surface area (Å²) in [6.07, 6.45) is 0.966. The molecule has 0 bridgehead atoms. The maximum absolute atomic E-state index is 12.1. The molecule has 0 spiro atoms. The molecule has 1 aromatic rings. The Bertz CT molecular complexity index is 480. The van der Waals surface area contributed by atoms with Gasteiger partial charge in [0.25, 0.3) is 0 Å². The Morgan fingerprint density at radius 2 is 2.20 bits per heavy atom. The van der Waals surface area contributed by atoms with Gasteiger partial charge in [0.1, 0.15) is 11.9 Å². The molecule has 1 aromatic carbocycles. The molecule has 20 heavy (non-hydrogen) atoms. The van der Waals surface area contributed by atoms with Crippen molar-refractivity contribution in [1.82, 2.24) is 10.2 Å². The van der Waals surface area contributed by atoms with Crippen molar-refractivity contribution in [3.8, 4) is 5.75 Å². The molecule has 1 atom stereocenters. The van der Waals surface area contributed by atoms with Gasteiger partial charge in [0, 0.05) is 31.1 Å². The lowest BCUT2D eigenvalue weighted by molar-refractivity contribution is -0.136. The Balaban J connectivity index is 0.00000147. The summed E-state index contributed by atoms with van der Waals surface area (Å²) in [5.41, 5.74) is 0. The summed E-state index contributed by atoms with van der Waals surface area (Å²) >= 11 is 5.93. The van der Waals surface area contributed by atoms with Crippen molar-refractivity contribution in [1.29, 1.82) is 0 Å². The molecule has 2 saturated heterocycles. The maximum atomic E-state index is 12.1. The highest BCUT2D eigenvalue weighted by Crippen LogP contribution is 2.22. The summed E-state index contributed by atoms with van der Waals surface area (Å²) in [5.74, 6) is 1.21. The van der Waals surface area contributed by atoms with E-state index in [0.29, 0.717) is 11.6 Å². The number of benzene rings is 1. The summed E-state index contributed by atoms with van der Waals surface area (Å²) in [5, 5.41) is 3.80. The van der Waals surface area contributed by atoms with Crippen molar-refractivity contribution in [3.63, 3.8) is 0 Å². The van der Waals surface area contributed by atoms with E-state index >= 15 is 0 Å². The molecule has 0 aliphatic carbocycles. The Labute approximate surface area is 129 Å². The molecule has 6 heteroatoms. The van der Waals surface area contributed by atoms with Crippen LogP contribution < -0.4 is 10.1 Å². The number of nitrogens with zero attached hydrogens (tertiary/aromatic N) is 1. The van der Waals surface area contributed by atoms with Gasteiger partial charge in [-0.2, -0.15) is 0 Å². The van der Waals surface area contributed by atoms with Crippen LogP contribution in [0.3, 0.4) is 0 Å². The van der Waals surface area contributed by atoms with Crippen LogP contribution in [0.25, 0.3) is 0 Å². The van der Waals surface area contributed by atoms with Crippen LogP contribution >= 0.6 is 24.0 Å². The molecule has 110 valence electrons. The highest BCUT2D eigenvalue weighted by atomic mass is 35.5. The monoisotopic (exact) mass is 316 g/mol. The van der Waals surface area contributed by atoms with Crippen LogP contribution in [0.5, 0.6) is 5.75 Å². The number of nitrogens with one attached hydrogen (secondary N) is 1. The third kappa shape index (κ3) is 3.37. The van der Waals surface area contributed by atoms with E-state index in [1.165, 1.54) is 0 Å². The van der Waals surface area contributed by atoms with Gasteiger partial charge in [-0.05, 0) is 18.2 Å². The lowest BCUT2D eigenvalue weighted by atomic mass is 10.0. The molecule has 1 N–H and O–H groups in total. The number of hydrogen-bond acceptors (Lipinski definition) is 3. The van der Waals surface area contributed by atoms with E-state index in [4.69, 9.17) is 16.3 Å². The van der Waals surface area contributed by atoms with E-state index in [9.17, 15) is 4.79 Å². The van der Waals surface area contributed by atoms with E-state index in [1.54, 1.807) is 0 Å². The first-order valence-corrected chi connectivity index (χ1v) is 7.02. The largest absolute Gasteiger partial charge is 0.488 e. The number of hydrogen-bond donors (Lipinski definition) is 1. The molecule has 2 aliphatic heterocycles. The summed E-state index contributed by atoms with van der Waals surface area (Å²) in [6, 6.07) is 7.39. The van der Waals surface area contributed by atoms with Crippen molar-refractivity contribution < 1.29 is 9.53 Å². The first-order valence-electron chi connectivity index (χ1n) is 6.64. The molecule has 2 aliphatic rings. The maximum Gasteiger partial charge on any atom is 0.228 e. The SMILES string of the molecule is Cl.O=C(C1CNC1)N1CCC(Oc2cccc(Cl)c2)C1. The summed E-state index contributed by atoms with van der Waals surface area (Å²) in [4.78, 5) is 14.0. The van der Waals surface area contributed by atoms with Crippen LogP contribution in [0.1, 0.15) is 6.42 Å². The highest BCUT2D eigenvalue weighted by molar-refractivity contribution is 6.30. The molecule has 3 rings (SSSR count). The summed E-state index contributed by atoms with van der Waals surface area (Å²) in [6.45, 7) is 3.10. The molecular formula is C14H18Cl2N2O2. The lowest BCUT2D eigenvalue weighted by Gasteiger charge is -2.30. The topological polar surface area (TPSA) is 41.6 Å². The fourth-order valence-electron chi connectivity index (χ4n) is 2.48. The number of halogens is 2. The van der Waals surface area contributed by atoms with Gasteiger partial charge >= 0.3 is 0 Å². The smallest absolute Gasteiger partial charge is 0.228 e. The number of carbonyl (C=O) groups is 1. The minimum atomic E-state index is 0. The Kier molecular flexibility index (Phi) is 5.13. The molecular weight excluding hydrogens is 299 g/mol. The third-order valence-electron chi connectivity index (χ3n) is 3.69. The first kappa shape index (κ1) is 15.4. The quantitative estimate of drug-likeness (QED) is 0.927. The zero-order chi connectivity index (χ0) is 13.2. The molecule has 1 unspecified atom stereocenters. The summed E-state index contributed by atoms with van der Waals surface area (Å²) < 4.78 is 5.87. The standard InChI is InChI=1S/C14H17ClN2O2.ClH/c15-11-2-1-3-12(6-11)19-13-4-5-17(9-13)14(18)10-7-16-8-10;/h1-3,6,10,13,16H,4-5,7-9H2;1H. The Morgan fingerprint density at radius 3 is 2.85 bits per heavy atom. The molecule has 1 amide bonds. The van der Waals surface area contributed by atoms with Gasteiger partial charge in [-0.3, -0.25) is 4.79 Å². The minimum absolute atomic E-state index is 0. The van der Waals surface area contributed by atoms with Gasteiger partial charge in [0.05, 0.1) is 12.5 Å². The van der Waals surface area contributed by atoms with E-state index in [0.717, 1.165) is 31.8 Å². The van der Waals surface area contributed by atoms with E-state index in [2.05, 4.69) is 5.32 Å². The Morgan fingerprint density at radius 1 is 1.40 bits per heavy atom.